The van der Waals surface area contributed by atoms with E-state index in [1.807, 2.05) is 36.1 Å². The van der Waals surface area contributed by atoms with E-state index in [1.165, 1.54) is 23.1 Å². The van der Waals surface area contributed by atoms with Crippen molar-refractivity contribution in [3.63, 3.8) is 0 Å². The van der Waals surface area contributed by atoms with Crippen LogP contribution >= 0.6 is 0 Å². The monoisotopic (exact) mass is 426 g/mol. The molecule has 3 amide bonds. The first kappa shape index (κ1) is 20.5. The summed E-state index contributed by atoms with van der Waals surface area (Å²) in [5.74, 6) is -1.95. The molecular weight excluding hydrogens is 405 g/mol. The fourth-order valence-corrected chi connectivity index (χ4v) is 3.53. The van der Waals surface area contributed by atoms with Crippen LogP contribution in [0.1, 0.15) is 6.92 Å². The number of carbonyl (C=O) groups excluding carboxylic acids is 3. The summed E-state index contributed by atoms with van der Waals surface area (Å²) in [6, 6.07) is 12.7. The Kier molecular flexibility index (Phi) is 5.61. The highest BCUT2D eigenvalue weighted by atomic mass is 19.1. The van der Waals surface area contributed by atoms with Crippen LogP contribution in [0.25, 0.3) is 0 Å². The lowest BCUT2D eigenvalue weighted by Gasteiger charge is -2.27. The van der Waals surface area contributed by atoms with E-state index >= 15 is 0 Å². The van der Waals surface area contributed by atoms with Crippen LogP contribution in [0.15, 0.2) is 53.6 Å². The molecule has 0 aromatic heterocycles. The van der Waals surface area contributed by atoms with Gasteiger partial charge in [-0.2, -0.15) is 0 Å². The Labute approximate surface area is 177 Å². The molecule has 1 atom stereocenters. The molecule has 0 radical (unpaired) electrons. The SMILES string of the molecule is CCOc1ccc(N2CCN3C(=O)C(=O)[N+](CC(=O)Nc4cccc(F)c4)=NC32)cc1. The molecule has 0 bridgehead atoms. The molecule has 1 unspecified atom stereocenters. The van der Waals surface area contributed by atoms with Gasteiger partial charge in [0.15, 0.2) is 0 Å². The number of anilines is 2. The summed E-state index contributed by atoms with van der Waals surface area (Å²) in [5.41, 5.74) is 1.06. The molecule has 160 valence electrons. The van der Waals surface area contributed by atoms with Gasteiger partial charge in [-0.05, 0) is 54.1 Å². The van der Waals surface area contributed by atoms with Gasteiger partial charge in [0, 0.05) is 29.6 Å². The fourth-order valence-electron chi connectivity index (χ4n) is 3.53. The van der Waals surface area contributed by atoms with Crippen molar-refractivity contribution in [1.29, 1.82) is 0 Å². The second kappa shape index (κ2) is 8.50. The third kappa shape index (κ3) is 4.23. The van der Waals surface area contributed by atoms with Gasteiger partial charge in [-0.15, -0.1) is 0 Å². The number of azo groups is 2. The average molecular weight is 426 g/mol. The Hall–Kier alpha value is -3.82. The van der Waals surface area contributed by atoms with Crippen LogP contribution in [0.4, 0.5) is 15.8 Å². The van der Waals surface area contributed by atoms with Crippen molar-refractivity contribution in [2.75, 3.05) is 36.5 Å². The van der Waals surface area contributed by atoms with Gasteiger partial charge in [0.1, 0.15) is 11.6 Å². The zero-order valence-electron chi connectivity index (χ0n) is 16.8. The third-order valence-electron chi connectivity index (χ3n) is 4.94. The number of nitrogens with one attached hydrogen (secondary N) is 1. The fraction of sp³-hybridized carbons (Fsp3) is 0.286. The van der Waals surface area contributed by atoms with Gasteiger partial charge in [-0.3, -0.25) is 14.5 Å². The first-order valence-corrected chi connectivity index (χ1v) is 9.84. The van der Waals surface area contributed by atoms with E-state index in [4.69, 9.17) is 4.74 Å². The first-order chi connectivity index (χ1) is 15.0. The van der Waals surface area contributed by atoms with Crippen molar-refractivity contribution in [2.24, 2.45) is 5.11 Å². The third-order valence-corrected chi connectivity index (χ3v) is 4.94. The van der Waals surface area contributed by atoms with E-state index in [0.29, 0.717) is 19.7 Å². The minimum Gasteiger partial charge on any atom is -0.494 e. The second-order valence-corrected chi connectivity index (χ2v) is 7.00. The Morgan fingerprint density at radius 3 is 2.65 bits per heavy atom. The largest absolute Gasteiger partial charge is 0.502 e. The molecule has 1 N–H and O–H groups in total. The van der Waals surface area contributed by atoms with Crippen LogP contribution < -0.4 is 15.0 Å². The van der Waals surface area contributed by atoms with Gasteiger partial charge < -0.3 is 15.0 Å². The summed E-state index contributed by atoms with van der Waals surface area (Å²) in [7, 11) is 0. The van der Waals surface area contributed by atoms with E-state index in [-0.39, 0.29) is 5.69 Å². The van der Waals surface area contributed by atoms with Crippen molar-refractivity contribution >= 4 is 29.1 Å². The highest BCUT2D eigenvalue weighted by molar-refractivity contribution is 6.32. The quantitative estimate of drug-likeness (QED) is 0.562. The zero-order chi connectivity index (χ0) is 22.0. The molecule has 0 aliphatic carbocycles. The topological polar surface area (TPSA) is 94.3 Å². The van der Waals surface area contributed by atoms with Crippen LogP contribution in [0, 0.1) is 5.82 Å². The van der Waals surface area contributed by atoms with Crippen molar-refractivity contribution in [3.8, 4) is 5.75 Å². The van der Waals surface area contributed by atoms with Gasteiger partial charge in [0.25, 0.3) is 18.7 Å². The molecule has 0 saturated carbocycles. The Morgan fingerprint density at radius 2 is 1.94 bits per heavy atom. The number of amides is 3. The van der Waals surface area contributed by atoms with Crippen LogP contribution in [-0.2, 0) is 14.4 Å². The normalized spacial score (nSPS) is 18.0. The first-order valence-electron chi connectivity index (χ1n) is 9.84. The summed E-state index contributed by atoms with van der Waals surface area (Å²) in [4.78, 5) is 40.6. The molecule has 4 rings (SSSR count). The number of halogens is 1. The van der Waals surface area contributed by atoms with Gasteiger partial charge in [-0.25, -0.2) is 9.18 Å². The van der Waals surface area contributed by atoms with Gasteiger partial charge >= 0.3 is 11.8 Å². The number of carbonyl (C=O) groups is 3. The summed E-state index contributed by atoms with van der Waals surface area (Å²) < 4.78 is 19.6. The van der Waals surface area contributed by atoms with E-state index in [2.05, 4.69) is 10.4 Å². The molecule has 0 spiro atoms. The summed E-state index contributed by atoms with van der Waals surface area (Å²) in [6.07, 6.45) is -0.731. The number of fused-ring (bicyclic) bond motifs is 1. The number of ether oxygens (including phenoxy) is 1. The predicted molar refractivity (Wildman–Crippen MR) is 108 cm³/mol. The minimum atomic E-state index is -0.876. The van der Waals surface area contributed by atoms with Crippen molar-refractivity contribution < 1.29 is 28.2 Å². The van der Waals surface area contributed by atoms with Gasteiger partial charge in [-0.1, -0.05) is 6.07 Å². The number of hydrogen-bond donors (Lipinski definition) is 1. The molecule has 1 saturated heterocycles. The number of rotatable bonds is 6. The lowest BCUT2D eigenvalue weighted by molar-refractivity contribution is -0.509. The van der Waals surface area contributed by atoms with Crippen molar-refractivity contribution in [1.82, 2.24) is 4.90 Å². The predicted octanol–water partition coefficient (Wildman–Crippen LogP) is 1.80. The maximum atomic E-state index is 13.3. The Balaban J connectivity index is 1.53. The summed E-state index contributed by atoms with van der Waals surface area (Å²) >= 11 is 0. The number of nitrogens with zero attached hydrogens (tertiary/aromatic N) is 4. The highest BCUT2D eigenvalue weighted by Crippen LogP contribution is 2.28. The van der Waals surface area contributed by atoms with Crippen LogP contribution in [0.3, 0.4) is 0 Å². The van der Waals surface area contributed by atoms with Gasteiger partial charge in [0.2, 0.25) is 0 Å². The smallest absolute Gasteiger partial charge is 0.494 e. The molecule has 2 aliphatic rings. The van der Waals surface area contributed by atoms with Crippen LogP contribution in [0.5, 0.6) is 5.75 Å². The molecule has 1 fully saturated rings. The Morgan fingerprint density at radius 1 is 1.19 bits per heavy atom. The van der Waals surface area contributed by atoms with E-state index < -0.39 is 36.4 Å². The zero-order valence-corrected chi connectivity index (χ0v) is 16.8. The highest BCUT2D eigenvalue weighted by Gasteiger charge is 2.49. The molecule has 2 aliphatic heterocycles. The molecule has 9 nitrogen and oxygen atoms in total. The molecule has 2 aromatic rings. The van der Waals surface area contributed by atoms with Crippen LogP contribution in [0.2, 0.25) is 0 Å². The summed E-state index contributed by atoms with van der Waals surface area (Å²) in [6.45, 7) is 2.83. The maximum absolute atomic E-state index is 13.3. The molecule has 2 aromatic carbocycles. The molecule has 31 heavy (non-hydrogen) atoms. The van der Waals surface area contributed by atoms with Crippen LogP contribution in [-0.4, -0.2) is 59.8 Å². The number of benzene rings is 2. The molecular formula is C21H21FN5O4+. The van der Waals surface area contributed by atoms with Crippen molar-refractivity contribution in [2.45, 2.75) is 13.2 Å². The van der Waals surface area contributed by atoms with Crippen molar-refractivity contribution in [3.05, 3.63) is 54.3 Å². The Bertz CT molecular complexity index is 1060. The van der Waals surface area contributed by atoms with E-state index in [0.717, 1.165) is 22.2 Å². The summed E-state index contributed by atoms with van der Waals surface area (Å²) in [5, 5.41) is 6.84. The van der Waals surface area contributed by atoms with Gasteiger partial charge in [0.05, 0.1) is 6.61 Å². The lowest BCUT2D eigenvalue weighted by Crippen LogP contribution is -2.52. The average Bonchev–Trinajstić information content (AvgIpc) is 3.16. The van der Waals surface area contributed by atoms with E-state index in [1.54, 1.807) is 0 Å². The maximum Gasteiger partial charge on any atom is 0.502 e. The number of hydrogen-bond acceptors (Lipinski definition) is 6. The molecule has 2 heterocycles. The van der Waals surface area contributed by atoms with E-state index in [9.17, 15) is 18.8 Å². The standard InChI is InChI=1S/C21H20FN5O4/c1-2-31-17-8-6-16(7-9-17)25-10-11-26-19(29)20(30)27(24-21(25)26)13-18(28)23-15-5-3-4-14(22)12-15/h3-9,12,21H,2,10-11,13H2,1H3/p+1. The lowest BCUT2D eigenvalue weighted by atomic mass is 10.3. The minimum absolute atomic E-state index is 0.249. The molecule has 10 heteroatoms. The second-order valence-electron chi connectivity index (χ2n) is 7.00.